The number of benzene rings is 2. The summed E-state index contributed by atoms with van der Waals surface area (Å²) in [4.78, 5) is 13.3. The van der Waals surface area contributed by atoms with Crippen LogP contribution in [0.2, 0.25) is 0 Å². The third-order valence-electron chi connectivity index (χ3n) is 3.85. The summed E-state index contributed by atoms with van der Waals surface area (Å²) in [5.74, 6) is -0.873. The quantitative estimate of drug-likeness (QED) is 0.929. The Morgan fingerprint density at radius 1 is 1.20 bits per heavy atom. The summed E-state index contributed by atoms with van der Waals surface area (Å²) in [6.45, 7) is 1.08. The number of carbonyl (C=O) groups is 1. The third-order valence-corrected chi connectivity index (χ3v) is 3.85. The molecule has 1 N–H and O–H groups in total. The molecular formula is C17H17NO2. The van der Waals surface area contributed by atoms with Crippen LogP contribution in [0.4, 0.5) is 5.69 Å². The number of aromatic carboxylic acids is 1. The lowest BCUT2D eigenvalue weighted by Crippen LogP contribution is -2.12. The molecule has 3 heteroatoms. The van der Waals surface area contributed by atoms with E-state index in [4.69, 9.17) is 5.11 Å². The van der Waals surface area contributed by atoms with Crippen LogP contribution in [-0.4, -0.2) is 24.7 Å². The van der Waals surface area contributed by atoms with Gasteiger partial charge in [-0.2, -0.15) is 0 Å². The van der Waals surface area contributed by atoms with Crippen molar-refractivity contribution in [2.75, 3.05) is 18.5 Å². The molecule has 0 amide bonds. The second kappa shape index (κ2) is 5.00. The SMILES string of the molecule is CN1CCc2cc(Cc3cccc(C(=O)O)c3)ccc21. The van der Waals surface area contributed by atoms with Gasteiger partial charge in [-0.05, 0) is 47.7 Å². The first-order valence-electron chi connectivity index (χ1n) is 6.78. The second-order valence-corrected chi connectivity index (χ2v) is 5.32. The van der Waals surface area contributed by atoms with Crippen molar-refractivity contribution in [1.82, 2.24) is 0 Å². The van der Waals surface area contributed by atoms with Crippen LogP contribution in [0, 0.1) is 0 Å². The zero-order valence-corrected chi connectivity index (χ0v) is 11.5. The number of hydrogen-bond donors (Lipinski definition) is 1. The largest absolute Gasteiger partial charge is 0.478 e. The molecule has 20 heavy (non-hydrogen) atoms. The lowest BCUT2D eigenvalue weighted by molar-refractivity contribution is 0.0697. The first-order valence-corrected chi connectivity index (χ1v) is 6.78. The van der Waals surface area contributed by atoms with Crippen molar-refractivity contribution in [2.45, 2.75) is 12.8 Å². The van der Waals surface area contributed by atoms with Crippen molar-refractivity contribution in [1.29, 1.82) is 0 Å². The van der Waals surface area contributed by atoms with Gasteiger partial charge >= 0.3 is 5.97 Å². The average molecular weight is 267 g/mol. The summed E-state index contributed by atoms with van der Waals surface area (Å²) in [5, 5.41) is 9.03. The minimum atomic E-state index is -0.873. The number of rotatable bonds is 3. The molecular weight excluding hydrogens is 250 g/mol. The summed E-state index contributed by atoms with van der Waals surface area (Å²) < 4.78 is 0. The Balaban J connectivity index is 1.85. The molecule has 102 valence electrons. The topological polar surface area (TPSA) is 40.5 Å². The van der Waals surface area contributed by atoms with Crippen molar-refractivity contribution in [3.63, 3.8) is 0 Å². The highest BCUT2D eigenvalue weighted by molar-refractivity contribution is 5.87. The zero-order valence-electron chi connectivity index (χ0n) is 11.5. The minimum Gasteiger partial charge on any atom is -0.478 e. The van der Waals surface area contributed by atoms with Crippen molar-refractivity contribution in [2.24, 2.45) is 0 Å². The lowest BCUT2D eigenvalue weighted by atomic mass is 10.0. The molecule has 1 heterocycles. The maximum atomic E-state index is 11.0. The highest BCUT2D eigenvalue weighted by atomic mass is 16.4. The number of anilines is 1. The Kier molecular flexibility index (Phi) is 3.18. The molecule has 0 unspecified atom stereocenters. The number of carboxylic acid groups (broad SMARTS) is 1. The van der Waals surface area contributed by atoms with Crippen LogP contribution in [0.1, 0.15) is 27.0 Å². The van der Waals surface area contributed by atoms with Crippen LogP contribution in [-0.2, 0) is 12.8 Å². The minimum absolute atomic E-state index is 0.350. The van der Waals surface area contributed by atoms with Crippen LogP contribution in [0.3, 0.4) is 0 Å². The van der Waals surface area contributed by atoms with E-state index in [1.165, 1.54) is 16.8 Å². The summed E-state index contributed by atoms with van der Waals surface area (Å²) in [7, 11) is 2.11. The molecule has 2 aromatic rings. The van der Waals surface area contributed by atoms with Crippen LogP contribution in [0.15, 0.2) is 42.5 Å². The van der Waals surface area contributed by atoms with Gasteiger partial charge in [-0.25, -0.2) is 4.79 Å². The number of nitrogens with zero attached hydrogens (tertiary/aromatic N) is 1. The molecule has 0 saturated heterocycles. The number of likely N-dealkylation sites (N-methyl/N-ethyl adjacent to an activating group) is 1. The molecule has 1 aliphatic heterocycles. The highest BCUT2D eigenvalue weighted by Gasteiger charge is 2.15. The summed E-state index contributed by atoms with van der Waals surface area (Å²) in [6, 6.07) is 13.7. The Hall–Kier alpha value is -2.29. The Labute approximate surface area is 118 Å². The summed E-state index contributed by atoms with van der Waals surface area (Å²) in [6.07, 6.45) is 1.87. The van der Waals surface area contributed by atoms with Gasteiger partial charge in [-0.3, -0.25) is 0 Å². The second-order valence-electron chi connectivity index (χ2n) is 5.32. The predicted octanol–water partition coefficient (Wildman–Crippen LogP) is 2.97. The maximum Gasteiger partial charge on any atom is 0.335 e. The molecule has 3 rings (SSSR count). The van der Waals surface area contributed by atoms with Gasteiger partial charge in [0.1, 0.15) is 0 Å². The smallest absolute Gasteiger partial charge is 0.335 e. The highest BCUT2D eigenvalue weighted by Crippen LogP contribution is 2.28. The van der Waals surface area contributed by atoms with E-state index < -0.39 is 5.97 Å². The first-order chi connectivity index (χ1) is 9.63. The molecule has 0 aromatic heterocycles. The predicted molar refractivity (Wildman–Crippen MR) is 79.6 cm³/mol. The van der Waals surface area contributed by atoms with E-state index in [-0.39, 0.29) is 0 Å². The summed E-state index contributed by atoms with van der Waals surface area (Å²) >= 11 is 0. The monoisotopic (exact) mass is 267 g/mol. The normalized spacial score (nSPS) is 13.3. The van der Waals surface area contributed by atoms with Crippen molar-refractivity contribution in [3.05, 3.63) is 64.7 Å². The van der Waals surface area contributed by atoms with Crippen molar-refractivity contribution in [3.8, 4) is 0 Å². The van der Waals surface area contributed by atoms with Gasteiger partial charge in [0.15, 0.2) is 0 Å². The average Bonchev–Trinajstić information content (AvgIpc) is 2.80. The van der Waals surface area contributed by atoms with Crippen LogP contribution >= 0.6 is 0 Å². The van der Waals surface area contributed by atoms with Crippen molar-refractivity contribution < 1.29 is 9.90 Å². The van der Waals surface area contributed by atoms with Gasteiger partial charge < -0.3 is 10.0 Å². The molecule has 3 nitrogen and oxygen atoms in total. The van der Waals surface area contributed by atoms with Gasteiger partial charge in [-0.1, -0.05) is 24.3 Å². The molecule has 0 radical (unpaired) electrons. The van der Waals surface area contributed by atoms with Gasteiger partial charge in [0.05, 0.1) is 5.56 Å². The van der Waals surface area contributed by atoms with Crippen LogP contribution in [0.25, 0.3) is 0 Å². The van der Waals surface area contributed by atoms with E-state index >= 15 is 0 Å². The van der Waals surface area contributed by atoms with E-state index in [1.54, 1.807) is 18.2 Å². The number of hydrogen-bond acceptors (Lipinski definition) is 2. The molecule has 0 aliphatic carbocycles. The molecule has 0 atom stereocenters. The van der Waals surface area contributed by atoms with Crippen molar-refractivity contribution >= 4 is 11.7 Å². The van der Waals surface area contributed by atoms with Gasteiger partial charge in [0, 0.05) is 19.3 Å². The van der Waals surface area contributed by atoms with E-state index in [0.29, 0.717) is 5.56 Å². The van der Waals surface area contributed by atoms with E-state index in [0.717, 1.165) is 24.9 Å². The van der Waals surface area contributed by atoms with Gasteiger partial charge in [0.25, 0.3) is 0 Å². The molecule has 0 saturated carbocycles. The molecule has 1 aliphatic rings. The van der Waals surface area contributed by atoms with Gasteiger partial charge in [0.2, 0.25) is 0 Å². The third kappa shape index (κ3) is 2.39. The zero-order chi connectivity index (χ0) is 14.1. The number of fused-ring (bicyclic) bond motifs is 1. The molecule has 0 bridgehead atoms. The first kappa shape index (κ1) is 12.7. The number of carboxylic acids is 1. The van der Waals surface area contributed by atoms with E-state index in [2.05, 4.69) is 30.1 Å². The maximum absolute atomic E-state index is 11.0. The van der Waals surface area contributed by atoms with Crippen LogP contribution < -0.4 is 4.90 Å². The summed E-state index contributed by atoms with van der Waals surface area (Å²) in [5.41, 5.74) is 5.33. The van der Waals surface area contributed by atoms with Gasteiger partial charge in [-0.15, -0.1) is 0 Å². The molecule has 0 fully saturated rings. The molecule has 0 spiro atoms. The Morgan fingerprint density at radius 3 is 2.80 bits per heavy atom. The Morgan fingerprint density at radius 2 is 2.00 bits per heavy atom. The lowest BCUT2D eigenvalue weighted by Gasteiger charge is -2.12. The Bertz CT molecular complexity index is 664. The molecule has 2 aromatic carbocycles. The van der Waals surface area contributed by atoms with E-state index in [1.807, 2.05) is 6.07 Å². The fraction of sp³-hybridized carbons (Fsp3) is 0.235. The van der Waals surface area contributed by atoms with Crippen LogP contribution in [0.5, 0.6) is 0 Å². The standard InChI is InChI=1S/C17H17NO2/c1-18-8-7-14-10-13(5-6-16(14)18)9-12-3-2-4-15(11-12)17(19)20/h2-6,10-11H,7-9H2,1H3,(H,19,20). The fourth-order valence-electron chi connectivity index (χ4n) is 2.78. The fourth-order valence-corrected chi connectivity index (χ4v) is 2.78. The van der Waals surface area contributed by atoms with E-state index in [9.17, 15) is 4.79 Å².